The maximum absolute atomic E-state index is 16.9. The van der Waals surface area contributed by atoms with Gasteiger partial charge < -0.3 is 9.97 Å². The summed E-state index contributed by atoms with van der Waals surface area (Å²) in [6.07, 6.45) is 1.50. The fourth-order valence-electron chi connectivity index (χ4n) is 12.9. The topological polar surface area (TPSA) is 83.1 Å². The van der Waals surface area contributed by atoms with Crippen molar-refractivity contribution in [1.82, 2.24) is 29.9 Å². The maximum Gasteiger partial charge on any atom is 0.200 e. The van der Waals surface area contributed by atoms with E-state index in [4.69, 9.17) is 0 Å². The Bertz CT molecular complexity index is 5990. The third kappa shape index (κ3) is 10.4. The lowest BCUT2D eigenvalue weighted by Gasteiger charge is -2.12. The number of rotatable bonds is 6. The zero-order valence-electron chi connectivity index (χ0n) is 52.4. The summed E-state index contributed by atoms with van der Waals surface area (Å²) in [5, 5.41) is 0. The molecule has 0 unspecified atom stereocenters. The van der Waals surface area contributed by atoms with Crippen LogP contribution in [0.1, 0.15) is 22.8 Å². The number of benzene rings is 8. The average molecular weight is 1560 g/mol. The molecule has 15 rings (SSSR count). The van der Waals surface area contributed by atoms with Crippen LogP contribution in [0.3, 0.4) is 0 Å². The first-order valence-corrected chi connectivity index (χ1v) is 30.3. The Labute approximate surface area is 588 Å². The predicted molar refractivity (Wildman–Crippen MR) is 330 cm³/mol. The third-order valence-corrected chi connectivity index (χ3v) is 17.8. The number of aromatic nitrogens is 6. The molecule has 7 heterocycles. The van der Waals surface area contributed by atoms with Gasteiger partial charge in [-0.15, -0.1) is 0 Å². The van der Waals surface area contributed by atoms with Crippen LogP contribution in [0.15, 0.2) is 72.8 Å². The quantitative estimate of drug-likeness (QED) is 0.0987. The van der Waals surface area contributed by atoms with Crippen molar-refractivity contribution in [2.75, 3.05) is 0 Å². The molecule has 4 aliphatic rings. The number of halogens is 30. The van der Waals surface area contributed by atoms with Crippen molar-refractivity contribution in [2.24, 2.45) is 0 Å². The Balaban J connectivity index is 1.28. The van der Waals surface area contributed by atoms with Crippen LogP contribution in [-0.4, -0.2) is 29.9 Å². The Morgan fingerprint density at radius 3 is 0.518 bits per heavy atom. The average Bonchev–Trinajstić information content (AvgIpc) is 1.59. The molecule has 12 bridgehead atoms. The summed E-state index contributed by atoms with van der Waals surface area (Å²) in [6, 6.07) is 8.47. The van der Waals surface area contributed by atoms with E-state index in [-0.39, 0.29) is 0 Å². The standard InChI is InChI=1S/C74H18F30N6/c75-41-35(42(76)54(88)65(99)53(41)87)29-21-9-13-25(105-21)31(37-45(79)57(91)67(101)58(92)46(37)80)71-17-5-1-2-6-18(17)72(109-71)32(38-47(81)59(93)68(102)60(94)48(38)82)26-14-10-22(106-26)30(36-43(77)55(89)66(100)56(90)44(36)78)24-12-16-28(108-24)34(40-51(85)63(97)70(104)64(98)52(40)86)74-20-8-4-3-7-19(20)73(110-74)33(27-15-11-23(29)107-27)39-49(83)61(95)69(103)62(96)50(39)84/h1-16,105,108H. The normalized spacial score (nSPS) is 12.2. The van der Waals surface area contributed by atoms with Crippen LogP contribution in [0.25, 0.3) is 158 Å². The summed E-state index contributed by atoms with van der Waals surface area (Å²) < 4.78 is 484. The minimum Gasteiger partial charge on any atom is -0.354 e. The highest BCUT2D eigenvalue weighted by Crippen LogP contribution is 2.53. The van der Waals surface area contributed by atoms with Crippen LogP contribution < -0.4 is 0 Å². The van der Waals surface area contributed by atoms with Crippen molar-refractivity contribution in [3.8, 4) is 112 Å². The van der Waals surface area contributed by atoms with Gasteiger partial charge in [-0.25, -0.2) is 152 Å². The van der Waals surface area contributed by atoms with Gasteiger partial charge in [0.1, 0.15) is 0 Å². The molecule has 0 spiro atoms. The van der Waals surface area contributed by atoms with Crippen molar-refractivity contribution in [1.29, 1.82) is 0 Å². The summed E-state index contributed by atoms with van der Waals surface area (Å²) in [7, 11) is 0. The van der Waals surface area contributed by atoms with Gasteiger partial charge in [0, 0.05) is 77.7 Å². The first kappa shape index (κ1) is 72.6. The van der Waals surface area contributed by atoms with Gasteiger partial charge >= 0.3 is 0 Å². The third-order valence-electron chi connectivity index (χ3n) is 17.8. The van der Waals surface area contributed by atoms with Gasteiger partial charge in [-0.1, -0.05) is 48.5 Å². The molecular formula is C74H18F30N6. The SMILES string of the molecule is Fc1c(F)c(F)c(-c2c3nc(c(-c4c(F)c(F)c(F)c(F)c4F)c4ccc([nH]4)c(-c4c(F)c(F)c(F)c(F)c4F)c4nc(c(-c5c(F)c(F)c(F)c(F)c5F)c5nc(c(-c6c(F)c(F)c(F)c(F)c6F)c6ccc([nH]6)c(-c6c(F)c(F)c(F)c(F)c6F)c6nc2-c2ccccc2-6)C=C5)-c2ccccc2-4)C=C3)c(F)c1F. The van der Waals surface area contributed by atoms with Crippen LogP contribution in [0.5, 0.6) is 0 Å². The largest absolute Gasteiger partial charge is 0.354 e. The molecule has 0 atom stereocenters. The van der Waals surface area contributed by atoms with Crippen molar-refractivity contribution in [3.63, 3.8) is 0 Å². The molecular weight excluding hydrogens is 1540 g/mol. The van der Waals surface area contributed by atoms with E-state index >= 15 is 132 Å². The Kier molecular flexibility index (Phi) is 17.1. The summed E-state index contributed by atoms with van der Waals surface area (Å²) in [6.45, 7) is 0. The lowest BCUT2D eigenvalue weighted by Crippen LogP contribution is -2.06. The monoisotopic (exact) mass is 1560 g/mol. The van der Waals surface area contributed by atoms with Gasteiger partial charge in [0.15, 0.2) is 140 Å². The van der Waals surface area contributed by atoms with E-state index in [2.05, 4.69) is 29.9 Å². The van der Waals surface area contributed by atoms with E-state index in [1.165, 1.54) is 0 Å². The molecule has 110 heavy (non-hydrogen) atoms. The second kappa shape index (κ2) is 25.9. The fourth-order valence-corrected chi connectivity index (χ4v) is 12.9. The minimum absolute atomic E-state index is 0.376. The van der Waals surface area contributed by atoms with E-state index in [1.807, 2.05) is 0 Å². The molecule has 6 nitrogen and oxygen atoms in total. The van der Waals surface area contributed by atoms with Gasteiger partial charge in [0.05, 0.1) is 78.9 Å². The highest BCUT2D eigenvalue weighted by molar-refractivity contribution is 6.07. The summed E-state index contributed by atoms with van der Waals surface area (Å²) >= 11 is 0. The van der Waals surface area contributed by atoms with Crippen molar-refractivity contribution in [3.05, 3.63) is 270 Å². The van der Waals surface area contributed by atoms with Crippen LogP contribution in [0.4, 0.5) is 132 Å². The van der Waals surface area contributed by atoms with E-state index in [0.29, 0.717) is 48.6 Å². The van der Waals surface area contributed by atoms with Crippen LogP contribution >= 0.6 is 0 Å². The first-order valence-electron chi connectivity index (χ1n) is 30.3. The number of hydrogen-bond donors (Lipinski definition) is 2. The lowest BCUT2D eigenvalue weighted by molar-refractivity contribution is 0.381. The molecule has 0 aliphatic carbocycles. The smallest absolute Gasteiger partial charge is 0.200 e. The van der Waals surface area contributed by atoms with Gasteiger partial charge in [-0.05, 0) is 48.6 Å². The lowest BCUT2D eigenvalue weighted by atomic mass is 9.93. The highest BCUT2D eigenvalue weighted by atomic mass is 19.2. The molecule has 0 amide bonds. The van der Waals surface area contributed by atoms with E-state index < -0.39 is 331 Å². The van der Waals surface area contributed by atoms with Gasteiger partial charge in [0.2, 0.25) is 34.9 Å². The number of nitrogens with zero attached hydrogens (tertiary/aromatic N) is 4. The molecule has 0 fully saturated rings. The molecule has 4 aliphatic heterocycles. The van der Waals surface area contributed by atoms with Crippen LogP contribution in [0, 0.1) is 175 Å². The molecule has 0 saturated carbocycles. The first-order chi connectivity index (χ1) is 52.1. The fraction of sp³-hybridized carbons (Fsp3) is 0. The van der Waals surface area contributed by atoms with E-state index in [1.54, 1.807) is 0 Å². The summed E-state index contributed by atoms with van der Waals surface area (Å²) in [5.41, 5.74) is -42.4. The highest BCUT2D eigenvalue weighted by Gasteiger charge is 2.41. The van der Waals surface area contributed by atoms with E-state index in [0.717, 1.165) is 48.5 Å². The van der Waals surface area contributed by atoms with E-state index in [9.17, 15) is 0 Å². The zero-order valence-corrected chi connectivity index (χ0v) is 52.4. The number of hydrogen-bond acceptors (Lipinski definition) is 4. The maximum atomic E-state index is 16.9. The van der Waals surface area contributed by atoms with Crippen LogP contribution in [0.2, 0.25) is 0 Å². The zero-order chi connectivity index (χ0) is 79.0. The Morgan fingerprint density at radius 1 is 0.155 bits per heavy atom. The molecule has 0 saturated heterocycles. The Morgan fingerprint density at radius 2 is 0.309 bits per heavy atom. The summed E-state index contributed by atoms with van der Waals surface area (Å²) in [4.78, 5) is 20.7. The second-order valence-electron chi connectivity index (χ2n) is 23.6. The molecule has 0 radical (unpaired) electrons. The number of fused-ring (bicyclic) bond motifs is 18. The molecule has 36 heteroatoms. The van der Waals surface area contributed by atoms with Gasteiger partial charge in [0.25, 0.3) is 0 Å². The number of nitrogens with one attached hydrogen (secondary N) is 2. The molecule has 3 aromatic heterocycles. The molecule has 11 aromatic rings. The van der Waals surface area contributed by atoms with Crippen LogP contribution in [-0.2, 0) is 0 Å². The molecule has 2 N–H and O–H groups in total. The van der Waals surface area contributed by atoms with Gasteiger partial charge in [-0.2, -0.15) is 0 Å². The van der Waals surface area contributed by atoms with Crippen molar-refractivity contribution in [2.45, 2.75) is 0 Å². The predicted octanol–water partition coefficient (Wildman–Crippen LogP) is 23.2. The Hall–Kier alpha value is -12.9. The number of H-pyrrole nitrogens is 2. The molecule has 554 valence electrons. The number of aromatic amines is 2. The van der Waals surface area contributed by atoms with Crippen molar-refractivity contribution < 1.29 is 132 Å². The van der Waals surface area contributed by atoms with Gasteiger partial charge in [-0.3, -0.25) is 0 Å². The molecule has 8 aromatic carbocycles. The van der Waals surface area contributed by atoms with Crippen molar-refractivity contribution >= 4 is 46.4 Å². The summed E-state index contributed by atoms with van der Waals surface area (Å²) in [5.74, 6) is -86.4. The minimum atomic E-state index is -2.93. The second-order valence-corrected chi connectivity index (χ2v) is 23.6.